The fourth-order valence-electron chi connectivity index (χ4n) is 4.61. The van der Waals surface area contributed by atoms with E-state index in [1.54, 1.807) is 36.5 Å². The van der Waals surface area contributed by atoms with E-state index >= 15 is 0 Å². The Labute approximate surface area is 179 Å². The smallest absolute Gasteiger partial charge is 0.254 e. The molecule has 1 saturated carbocycles. The van der Waals surface area contributed by atoms with Crippen LogP contribution in [-0.4, -0.2) is 76.3 Å². The molecule has 1 atom stereocenters. The standard InChI is InChI=1S/C23H33N5O2/c1-18-5-9-23(17-24,10-6-18)26(3)21(29)19(2)27-13-4-14-28(16-15-27)22(30)20-7-11-25-12-8-20/h7-8,11-12,18-19H,4-6,9-10,13-16H2,1-3H3. The molecule has 0 aromatic carbocycles. The molecular formula is C23H33N5O2. The first-order valence-corrected chi connectivity index (χ1v) is 11.0. The van der Waals surface area contributed by atoms with Crippen LogP contribution in [-0.2, 0) is 4.79 Å². The van der Waals surface area contributed by atoms with Gasteiger partial charge in [-0.05, 0) is 57.1 Å². The number of nitriles is 1. The van der Waals surface area contributed by atoms with E-state index in [-0.39, 0.29) is 17.9 Å². The minimum absolute atomic E-state index is 0.0000124. The van der Waals surface area contributed by atoms with Crippen LogP contribution in [0, 0.1) is 17.2 Å². The first-order valence-electron chi connectivity index (χ1n) is 11.0. The molecule has 0 spiro atoms. The van der Waals surface area contributed by atoms with E-state index in [1.807, 2.05) is 11.8 Å². The molecular weight excluding hydrogens is 378 g/mol. The Balaban J connectivity index is 1.62. The molecule has 0 N–H and O–H groups in total. The minimum atomic E-state index is -0.687. The van der Waals surface area contributed by atoms with E-state index in [0.717, 1.165) is 38.6 Å². The minimum Gasteiger partial charge on any atom is -0.337 e. The van der Waals surface area contributed by atoms with E-state index < -0.39 is 5.54 Å². The Kier molecular flexibility index (Phi) is 7.09. The maximum atomic E-state index is 13.3. The number of likely N-dealkylation sites (N-methyl/N-ethyl adjacent to an activating group) is 1. The highest BCUT2D eigenvalue weighted by Crippen LogP contribution is 2.36. The molecule has 1 aromatic heterocycles. The number of nitrogens with zero attached hydrogens (tertiary/aromatic N) is 5. The Morgan fingerprint density at radius 1 is 1.20 bits per heavy atom. The van der Waals surface area contributed by atoms with E-state index in [2.05, 4.69) is 22.9 Å². The number of rotatable bonds is 4. The summed E-state index contributed by atoms with van der Waals surface area (Å²) in [5.41, 5.74) is -0.0441. The summed E-state index contributed by atoms with van der Waals surface area (Å²) >= 11 is 0. The molecule has 1 aromatic rings. The number of amides is 2. The lowest BCUT2D eigenvalue weighted by Crippen LogP contribution is -2.56. The molecule has 2 aliphatic rings. The highest BCUT2D eigenvalue weighted by Gasteiger charge is 2.42. The molecule has 2 heterocycles. The van der Waals surface area contributed by atoms with Crippen LogP contribution in [0.3, 0.4) is 0 Å². The molecule has 1 aliphatic heterocycles. The van der Waals surface area contributed by atoms with E-state index in [9.17, 15) is 14.9 Å². The van der Waals surface area contributed by atoms with Crippen molar-refractivity contribution in [3.8, 4) is 6.07 Å². The highest BCUT2D eigenvalue weighted by atomic mass is 16.2. The van der Waals surface area contributed by atoms with Crippen LogP contribution in [0.25, 0.3) is 0 Å². The van der Waals surface area contributed by atoms with Gasteiger partial charge in [-0.25, -0.2) is 0 Å². The predicted molar refractivity (Wildman–Crippen MR) is 115 cm³/mol. The summed E-state index contributed by atoms with van der Waals surface area (Å²) in [5, 5.41) is 9.88. The van der Waals surface area contributed by atoms with Crippen molar-refractivity contribution in [1.82, 2.24) is 19.7 Å². The number of hydrogen-bond donors (Lipinski definition) is 0. The van der Waals surface area contributed by atoms with Crippen LogP contribution in [0.15, 0.2) is 24.5 Å². The maximum Gasteiger partial charge on any atom is 0.254 e. The van der Waals surface area contributed by atoms with Crippen molar-refractivity contribution in [2.24, 2.45) is 5.92 Å². The first kappa shape index (κ1) is 22.2. The lowest BCUT2D eigenvalue weighted by Gasteiger charge is -2.43. The first-order chi connectivity index (χ1) is 14.4. The summed E-state index contributed by atoms with van der Waals surface area (Å²) in [7, 11) is 1.79. The largest absolute Gasteiger partial charge is 0.337 e. The fraction of sp³-hybridized carbons (Fsp3) is 0.652. The lowest BCUT2D eigenvalue weighted by molar-refractivity contribution is -0.140. The molecule has 3 rings (SSSR count). The van der Waals surface area contributed by atoms with Gasteiger partial charge in [0.25, 0.3) is 5.91 Å². The van der Waals surface area contributed by atoms with Crippen molar-refractivity contribution in [3.63, 3.8) is 0 Å². The van der Waals surface area contributed by atoms with Gasteiger partial charge >= 0.3 is 0 Å². The van der Waals surface area contributed by atoms with Crippen LogP contribution in [0.5, 0.6) is 0 Å². The van der Waals surface area contributed by atoms with Crippen LogP contribution in [0.2, 0.25) is 0 Å². The second-order valence-electron chi connectivity index (χ2n) is 8.82. The van der Waals surface area contributed by atoms with Gasteiger partial charge in [0.1, 0.15) is 5.54 Å². The van der Waals surface area contributed by atoms with Gasteiger partial charge in [-0.15, -0.1) is 0 Å². The average molecular weight is 412 g/mol. The Morgan fingerprint density at radius 2 is 1.87 bits per heavy atom. The Bertz CT molecular complexity index is 783. The number of aromatic nitrogens is 1. The van der Waals surface area contributed by atoms with E-state index in [4.69, 9.17) is 0 Å². The lowest BCUT2D eigenvalue weighted by atomic mass is 9.77. The van der Waals surface area contributed by atoms with Gasteiger partial charge in [-0.2, -0.15) is 5.26 Å². The molecule has 162 valence electrons. The van der Waals surface area contributed by atoms with Gasteiger partial charge in [0, 0.05) is 51.2 Å². The van der Waals surface area contributed by atoms with Crippen molar-refractivity contribution >= 4 is 11.8 Å². The fourth-order valence-corrected chi connectivity index (χ4v) is 4.61. The van der Waals surface area contributed by atoms with Crippen molar-refractivity contribution in [3.05, 3.63) is 30.1 Å². The summed E-state index contributed by atoms with van der Waals surface area (Å²) < 4.78 is 0. The van der Waals surface area contributed by atoms with Gasteiger partial charge in [0.2, 0.25) is 5.91 Å². The Hall–Kier alpha value is -2.46. The molecule has 1 aliphatic carbocycles. The van der Waals surface area contributed by atoms with Crippen LogP contribution in [0.1, 0.15) is 56.3 Å². The molecule has 2 fully saturated rings. The molecule has 2 amide bonds. The quantitative estimate of drug-likeness (QED) is 0.761. The molecule has 7 nitrogen and oxygen atoms in total. The third-order valence-corrected chi connectivity index (χ3v) is 6.93. The normalized spacial score (nSPS) is 26.3. The van der Waals surface area contributed by atoms with Crippen molar-refractivity contribution in [2.45, 2.75) is 57.5 Å². The van der Waals surface area contributed by atoms with Crippen LogP contribution >= 0.6 is 0 Å². The monoisotopic (exact) mass is 411 g/mol. The molecule has 0 radical (unpaired) electrons. The topological polar surface area (TPSA) is 80.5 Å². The Morgan fingerprint density at radius 3 is 2.50 bits per heavy atom. The average Bonchev–Trinajstić information content (AvgIpc) is 3.05. The molecule has 1 saturated heterocycles. The zero-order valence-corrected chi connectivity index (χ0v) is 18.4. The molecule has 0 bridgehead atoms. The van der Waals surface area contributed by atoms with Crippen LogP contribution in [0.4, 0.5) is 0 Å². The summed E-state index contributed by atoms with van der Waals surface area (Å²) in [4.78, 5) is 35.7. The highest BCUT2D eigenvalue weighted by molar-refractivity contribution is 5.94. The van der Waals surface area contributed by atoms with Gasteiger partial charge < -0.3 is 9.80 Å². The summed E-state index contributed by atoms with van der Waals surface area (Å²) in [6.07, 6.45) is 7.53. The third-order valence-electron chi connectivity index (χ3n) is 6.93. The van der Waals surface area contributed by atoms with Gasteiger partial charge in [-0.3, -0.25) is 19.5 Å². The van der Waals surface area contributed by atoms with Gasteiger partial charge in [-0.1, -0.05) is 6.92 Å². The van der Waals surface area contributed by atoms with E-state index in [0.29, 0.717) is 31.1 Å². The second-order valence-corrected chi connectivity index (χ2v) is 8.82. The van der Waals surface area contributed by atoms with Crippen molar-refractivity contribution < 1.29 is 9.59 Å². The maximum absolute atomic E-state index is 13.3. The number of carbonyl (C=O) groups excluding carboxylic acids is 2. The number of pyridine rings is 1. The summed E-state index contributed by atoms with van der Waals surface area (Å²) in [6, 6.07) is 5.62. The second kappa shape index (κ2) is 9.57. The third kappa shape index (κ3) is 4.65. The summed E-state index contributed by atoms with van der Waals surface area (Å²) in [6.45, 7) is 6.81. The molecule has 30 heavy (non-hydrogen) atoms. The summed E-state index contributed by atoms with van der Waals surface area (Å²) in [5.74, 6) is 0.622. The molecule has 1 unspecified atom stereocenters. The molecule has 7 heteroatoms. The number of carbonyl (C=O) groups is 2. The number of hydrogen-bond acceptors (Lipinski definition) is 5. The van der Waals surface area contributed by atoms with Crippen molar-refractivity contribution in [1.29, 1.82) is 5.26 Å². The zero-order valence-electron chi connectivity index (χ0n) is 18.4. The van der Waals surface area contributed by atoms with Gasteiger partial charge in [0.05, 0.1) is 12.1 Å². The van der Waals surface area contributed by atoms with Crippen LogP contribution < -0.4 is 0 Å². The van der Waals surface area contributed by atoms with E-state index in [1.165, 1.54) is 0 Å². The SMILES string of the molecule is CC1CCC(C#N)(N(C)C(=O)C(C)N2CCCN(C(=O)c3ccncc3)CC2)CC1. The van der Waals surface area contributed by atoms with Crippen molar-refractivity contribution in [2.75, 3.05) is 33.2 Å². The zero-order chi connectivity index (χ0) is 21.7. The predicted octanol–water partition coefficient (Wildman–Crippen LogP) is 2.55. The van der Waals surface area contributed by atoms with Gasteiger partial charge in [0.15, 0.2) is 0 Å².